The van der Waals surface area contributed by atoms with Crippen LogP contribution in [0.4, 0.5) is 13.2 Å². The molecule has 0 aliphatic carbocycles. The first-order chi connectivity index (χ1) is 12.5. The molecule has 138 valence electrons. The molecule has 7 heteroatoms. The molecule has 0 atom stereocenters. The van der Waals surface area contributed by atoms with Gasteiger partial charge in [0.1, 0.15) is 29.6 Å². The molecular formula is C19H19ClF3N2O+. The summed E-state index contributed by atoms with van der Waals surface area (Å²) in [5, 5.41) is 3.10. The van der Waals surface area contributed by atoms with E-state index in [-0.39, 0.29) is 11.9 Å². The summed E-state index contributed by atoms with van der Waals surface area (Å²) in [6.45, 7) is 1.87. The second-order valence-corrected chi connectivity index (χ2v) is 6.88. The van der Waals surface area contributed by atoms with Crippen molar-refractivity contribution in [3.8, 4) is 0 Å². The number of hydrogen-bond donors (Lipinski definition) is 2. The Morgan fingerprint density at radius 3 is 2.23 bits per heavy atom. The lowest BCUT2D eigenvalue weighted by Crippen LogP contribution is -3.12. The van der Waals surface area contributed by atoms with Crippen LogP contribution >= 0.6 is 11.6 Å². The summed E-state index contributed by atoms with van der Waals surface area (Å²) < 4.78 is 41.3. The van der Waals surface area contributed by atoms with Gasteiger partial charge in [0.05, 0.1) is 23.7 Å². The lowest BCUT2D eigenvalue weighted by Gasteiger charge is -2.30. The van der Waals surface area contributed by atoms with E-state index in [0.29, 0.717) is 43.1 Å². The normalized spacial score (nSPS) is 20.0. The first-order valence-electron chi connectivity index (χ1n) is 8.47. The van der Waals surface area contributed by atoms with Crippen LogP contribution in [0.3, 0.4) is 0 Å². The highest BCUT2D eigenvalue weighted by Gasteiger charge is 2.27. The molecule has 0 unspecified atom stereocenters. The largest absolute Gasteiger partial charge is 0.349 e. The maximum absolute atomic E-state index is 13.9. The van der Waals surface area contributed by atoms with Gasteiger partial charge in [-0.05, 0) is 24.3 Å². The quantitative estimate of drug-likeness (QED) is 0.836. The SMILES string of the molecule is O=C(NC1CC[NH+](Cc2c(F)cccc2Cl)CC1)c1c(F)cccc1F. The smallest absolute Gasteiger partial charge is 0.257 e. The van der Waals surface area contributed by atoms with Crippen LogP contribution in [0.5, 0.6) is 0 Å². The second-order valence-electron chi connectivity index (χ2n) is 6.47. The van der Waals surface area contributed by atoms with E-state index >= 15 is 0 Å². The number of carbonyl (C=O) groups excluding carboxylic acids is 1. The zero-order chi connectivity index (χ0) is 18.7. The van der Waals surface area contributed by atoms with Gasteiger partial charge in [-0.25, -0.2) is 13.2 Å². The number of carbonyl (C=O) groups is 1. The van der Waals surface area contributed by atoms with Crippen molar-refractivity contribution in [2.45, 2.75) is 25.4 Å². The number of amides is 1. The summed E-state index contributed by atoms with van der Waals surface area (Å²) in [5.74, 6) is -2.82. The van der Waals surface area contributed by atoms with E-state index < -0.39 is 23.1 Å². The predicted molar refractivity (Wildman–Crippen MR) is 92.7 cm³/mol. The lowest BCUT2D eigenvalue weighted by atomic mass is 10.0. The number of benzene rings is 2. The summed E-state index contributed by atoms with van der Waals surface area (Å²) in [7, 11) is 0. The summed E-state index contributed by atoms with van der Waals surface area (Å²) in [4.78, 5) is 13.3. The highest BCUT2D eigenvalue weighted by molar-refractivity contribution is 6.31. The van der Waals surface area contributed by atoms with Crippen LogP contribution in [0.25, 0.3) is 0 Å². The summed E-state index contributed by atoms with van der Waals surface area (Å²) >= 11 is 6.06. The fraction of sp³-hybridized carbons (Fsp3) is 0.316. The van der Waals surface area contributed by atoms with Gasteiger partial charge < -0.3 is 10.2 Å². The molecule has 0 saturated carbocycles. The van der Waals surface area contributed by atoms with Crippen LogP contribution in [-0.4, -0.2) is 25.0 Å². The minimum Gasteiger partial charge on any atom is -0.349 e. The molecule has 0 radical (unpaired) electrons. The average Bonchev–Trinajstić information content (AvgIpc) is 2.59. The fourth-order valence-corrected chi connectivity index (χ4v) is 3.50. The zero-order valence-corrected chi connectivity index (χ0v) is 14.8. The van der Waals surface area contributed by atoms with Gasteiger partial charge in [-0.1, -0.05) is 23.7 Å². The molecular weight excluding hydrogens is 365 g/mol. The van der Waals surface area contributed by atoms with Gasteiger partial charge in [0.25, 0.3) is 5.91 Å². The Morgan fingerprint density at radius 2 is 1.62 bits per heavy atom. The van der Waals surface area contributed by atoms with E-state index in [9.17, 15) is 18.0 Å². The Labute approximate surface area is 154 Å². The lowest BCUT2D eigenvalue weighted by molar-refractivity contribution is -0.919. The standard InChI is InChI=1S/C19H18ClF3N2O/c20-14-3-1-4-15(21)13(14)11-25-9-7-12(8-10-25)24-19(26)18-16(22)5-2-6-17(18)23/h1-6,12H,7-11H2,(H,24,26)/p+1. The molecule has 1 saturated heterocycles. The Balaban J connectivity index is 1.56. The van der Waals surface area contributed by atoms with Crippen LogP contribution in [0.15, 0.2) is 36.4 Å². The summed E-state index contributed by atoms with van der Waals surface area (Å²) in [6, 6.07) is 7.79. The second kappa shape index (κ2) is 8.10. The van der Waals surface area contributed by atoms with E-state index in [4.69, 9.17) is 11.6 Å². The number of piperidine rings is 1. The van der Waals surface area contributed by atoms with Crippen molar-refractivity contribution in [1.29, 1.82) is 0 Å². The molecule has 0 aromatic heterocycles. The Bertz CT molecular complexity index is 767. The zero-order valence-electron chi connectivity index (χ0n) is 14.0. The number of quaternary nitrogens is 1. The minimum atomic E-state index is -0.875. The highest BCUT2D eigenvalue weighted by atomic mass is 35.5. The predicted octanol–water partition coefficient (Wildman–Crippen LogP) is 2.73. The minimum absolute atomic E-state index is 0.165. The Hall–Kier alpha value is -2.05. The molecule has 1 aliphatic heterocycles. The van der Waals surface area contributed by atoms with Gasteiger partial charge in [0.2, 0.25) is 0 Å². The van der Waals surface area contributed by atoms with Crippen LogP contribution in [0.2, 0.25) is 5.02 Å². The van der Waals surface area contributed by atoms with Crippen molar-refractivity contribution < 1.29 is 22.9 Å². The van der Waals surface area contributed by atoms with Crippen molar-refractivity contribution in [3.63, 3.8) is 0 Å². The Morgan fingerprint density at radius 1 is 1.04 bits per heavy atom. The van der Waals surface area contributed by atoms with Crippen molar-refractivity contribution in [2.24, 2.45) is 0 Å². The van der Waals surface area contributed by atoms with Gasteiger partial charge in [-0.15, -0.1) is 0 Å². The molecule has 26 heavy (non-hydrogen) atoms. The number of nitrogens with one attached hydrogen (secondary N) is 2. The van der Waals surface area contributed by atoms with E-state index in [0.717, 1.165) is 17.0 Å². The molecule has 3 rings (SSSR count). The topological polar surface area (TPSA) is 33.5 Å². The van der Waals surface area contributed by atoms with E-state index in [2.05, 4.69) is 5.32 Å². The third-order valence-electron chi connectivity index (χ3n) is 4.71. The van der Waals surface area contributed by atoms with Gasteiger partial charge in [-0.2, -0.15) is 0 Å². The van der Waals surface area contributed by atoms with Crippen LogP contribution in [0.1, 0.15) is 28.8 Å². The van der Waals surface area contributed by atoms with Crippen molar-refractivity contribution in [1.82, 2.24) is 5.32 Å². The monoisotopic (exact) mass is 383 g/mol. The molecule has 0 bridgehead atoms. The average molecular weight is 384 g/mol. The van der Waals surface area contributed by atoms with Crippen molar-refractivity contribution in [2.75, 3.05) is 13.1 Å². The Kier molecular flexibility index (Phi) is 5.84. The highest BCUT2D eigenvalue weighted by Crippen LogP contribution is 2.18. The van der Waals surface area contributed by atoms with Crippen LogP contribution in [-0.2, 0) is 6.54 Å². The number of likely N-dealkylation sites (tertiary alicyclic amines) is 1. The van der Waals surface area contributed by atoms with Crippen molar-refractivity contribution >= 4 is 17.5 Å². The van der Waals surface area contributed by atoms with E-state index in [1.54, 1.807) is 12.1 Å². The molecule has 2 N–H and O–H groups in total. The van der Waals surface area contributed by atoms with E-state index in [1.807, 2.05) is 0 Å². The molecule has 2 aromatic rings. The van der Waals surface area contributed by atoms with E-state index in [1.165, 1.54) is 12.1 Å². The molecule has 2 aromatic carbocycles. The number of hydrogen-bond acceptors (Lipinski definition) is 1. The molecule has 3 nitrogen and oxygen atoms in total. The number of halogens is 4. The maximum atomic E-state index is 13.9. The third kappa shape index (κ3) is 4.19. The molecule has 1 heterocycles. The third-order valence-corrected chi connectivity index (χ3v) is 5.06. The fourth-order valence-electron chi connectivity index (χ4n) is 3.27. The molecule has 1 amide bonds. The van der Waals surface area contributed by atoms with Gasteiger partial charge in [-0.3, -0.25) is 4.79 Å². The van der Waals surface area contributed by atoms with Crippen molar-refractivity contribution in [3.05, 3.63) is 70.0 Å². The van der Waals surface area contributed by atoms with Gasteiger partial charge in [0, 0.05) is 18.9 Å². The summed E-state index contributed by atoms with van der Waals surface area (Å²) in [5.41, 5.74) is -0.0690. The molecule has 1 fully saturated rings. The van der Waals surface area contributed by atoms with Crippen LogP contribution < -0.4 is 10.2 Å². The maximum Gasteiger partial charge on any atom is 0.257 e. The van der Waals surface area contributed by atoms with Gasteiger partial charge in [0.15, 0.2) is 0 Å². The number of rotatable bonds is 4. The first kappa shape index (κ1) is 18.7. The molecule has 0 spiro atoms. The van der Waals surface area contributed by atoms with Gasteiger partial charge >= 0.3 is 0 Å². The molecule has 1 aliphatic rings. The first-order valence-corrected chi connectivity index (χ1v) is 8.85. The summed E-state index contributed by atoms with van der Waals surface area (Å²) in [6.07, 6.45) is 1.28. The van der Waals surface area contributed by atoms with Crippen LogP contribution in [0, 0.1) is 17.5 Å².